The molecule has 6 heteroatoms. The molecule has 0 aliphatic heterocycles. The number of amides is 1. The van der Waals surface area contributed by atoms with Gasteiger partial charge in [0.05, 0.1) is 5.39 Å². The number of hydrazone groups is 1. The summed E-state index contributed by atoms with van der Waals surface area (Å²) < 4.78 is 1.33. The van der Waals surface area contributed by atoms with Crippen LogP contribution in [0.25, 0.3) is 10.8 Å². The van der Waals surface area contributed by atoms with Crippen molar-refractivity contribution in [3.63, 3.8) is 0 Å². The molecular formula is C23H32N4O2. The molecule has 1 aromatic carbocycles. The highest BCUT2D eigenvalue weighted by Crippen LogP contribution is 2.16. The lowest BCUT2D eigenvalue weighted by atomic mass is 10.00. The highest BCUT2D eigenvalue weighted by atomic mass is 16.2. The van der Waals surface area contributed by atoms with Crippen LogP contribution in [0.1, 0.15) is 88.0 Å². The van der Waals surface area contributed by atoms with E-state index in [9.17, 15) is 9.59 Å². The Morgan fingerprint density at radius 1 is 0.966 bits per heavy atom. The summed E-state index contributed by atoms with van der Waals surface area (Å²) >= 11 is 0. The van der Waals surface area contributed by atoms with Gasteiger partial charge in [0.15, 0.2) is 5.69 Å². The summed E-state index contributed by atoms with van der Waals surface area (Å²) in [5.41, 5.74) is 3.85. The first-order valence-electron chi connectivity index (χ1n) is 11.1. The predicted octanol–water partition coefficient (Wildman–Crippen LogP) is 4.81. The average molecular weight is 397 g/mol. The van der Waals surface area contributed by atoms with Gasteiger partial charge in [-0.05, 0) is 38.7 Å². The van der Waals surface area contributed by atoms with Gasteiger partial charge in [0.2, 0.25) is 0 Å². The second-order valence-corrected chi connectivity index (χ2v) is 7.82. The van der Waals surface area contributed by atoms with E-state index in [4.69, 9.17) is 0 Å². The van der Waals surface area contributed by atoms with Crippen LogP contribution >= 0.6 is 0 Å². The third kappa shape index (κ3) is 5.75. The minimum atomic E-state index is -0.359. The Bertz CT molecular complexity index is 903. The van der Waals surface area contributed by atoms with Gasteiger partial charge in [0, 0.05) is 17.6 Å². The third-order valence-corrected chi connectivity index (χ3v) is 5.63. The summed E-state index contributed by atoms with van der Waals surface area (Å²) in [4.78, 5) is 25.3. The number of rotatable bonds is 3. The number of hydrogen-bond acceptors (Lipinski definition) is 4. The fourth-order valence-electron chi connectivity index (χ4n) is 3.93. The van der Waals surface area contributed by atoms with Gasteiger partial charge >= 0.3 is 0 Å². The molecule has 0 unspecified atom stereocenters. The van der Waals surface area contributed by atoms with E-state index in [0.717, 1.165) is 31.4 Å². The van der Waals surface area contributed by atoms with Gasteiger partial charge in [0.1, 0.15) is 0 Å². The maximum atomic E-state index is 12.9. The molecule has 1 saturated carbocycles. The smallest absolute Gasteiger partial charge is 0.267 e. The van der Waals surface area contributed by atoms with E-state index in [0.29, 0.717) is 17.3 Å². The second kappa shape index (κ2) is 10.9. The van der Waals surface area contributed by atoms with Gasteiger partial charge in [-0.15, -0.1) is 0 Å². The van der Waals surface area contributed by atoms with E-state index in [1.54, 1.807) is 18.2 Å². The molecule has 0 saturated heterocycles. The number of aromatic nitrogens is 2. The van der Waals surface area contributed by atoms with Crippen molar-refractivity contribution in [3.8, 4) is 0 Å². The molecule has 1 fully saturated rings. The molecule has 1 amide bonds. The minimum absolute atomic E-state index is 0.176. The number of aryl methyl sites for hydroxylation is 1. The van der Waals surface area contributed by atoms with E-state index >= 15 is 0 Å². The summed E-state index contributed by atoms with van der Waals surface area (Å²) in [6, 6.07) is 7.12. The Morgan fingerprint density at radius 2 is 1.52 bits per heavy atom. The van der Waals surface area contributed by atoms with Crippen LogP contribution < -0.4 is 11.0 Å². The van der Waals surface area contributed by atoms with Crippen LogP contribution in [-0.2, 0) is 6.54 Å². The Kier molecular flexibility index (Phi) is 7.96. The van der Waals surface area contributed by atoms with Crippen molar-refractivity contribution in [1.82, 2.24) is 15.2 Å². The molecule has 1 aliphatic carbocycles. The van der Waals surface area contributed by atoms with Gasteiger partial charge < -0.3 is 0 Å². The number of carbonyl (C=O) groups is 1. The molecular weight excluding hydrogens is 364 g/mol. The van der Waals surface area contributed by atoms with E-state index < -0.39 is 0 Å². The normalized spacial score (nSPS) is 16.7. The van der Waals surface area contributed by atoms with Gasteiger partial charge in [-0.1, -0.05) is 63.1 Å². The monoisotopic (exact) mass is 396 g/mol. The first-order chi connectivity index (χ1) is 14.2. The van der Waals surface area contributed by atoms with Crippen molar-refractivity contribution in [3.05, 3.63) is 40.3 Å². The number of nitrogens with one attached hydrogen (secondary N) is 1. The number of hydrogen-bond donors (Lipinski definition) is 1. The average Bonchev–Trinajstić information content (AvgIpc) is 2.73. The van der Waals surface area contributed by atoms with E-state index in [2.05, 4.69) is 15.6 Å². The number of nitrogens with zero attached hydrogens (tertiary/aromatic N) is 3. The van der Waals surface area contributed by atoms with Crippen LogP contribution in [0.2, 0.25) is 0 Å². The Morgan fingerprint density at radius 3 is 2.10 bits per heavy atom. The van der Waals surface area contributed by atoms with E-state index in [-0.39, 0.29) is 17.2 Å². The quantitative estimate of drug-likeness (QED) is 0.757. The molecule has 29 heavy (non-hydrogen) atoms. The molecule has 1 heterocycles. The van der Waals surface area contributed by atoms with E-state index in [1.807, 2.05) is 13.0 Å². The Labute approximate surface area is 172 Å². The zero-order valence-electron chi connectivity index (χ0n) is 17.5. The maximum absolute atomic E-state index is 12.9. The van der Waals surface area contributed by atoms with Crippen LogP contribution in [0.3, 0.4) is 0 Å². The zero-order valence-corrected chi connectivity index (χ0v) is 17.5. The number of carbonyl (C=O) groups excluding carboxylic acids is 1. The molecule has 1 aliphatic rings. The fourth-order valence-corrected chi connectivity index (χ4v) is 3.93. The highest BCUT2D eigenvalue weighted by Gasteiger charge is 2.16. The van der Waals surface area contributed by atoms with Crippen molar-refractivity contribution < 1.29 is 4.79 Å². The van der Waals surface area contributed by atoms with Crippen LogP contribution in [-0.4, -0.2) is 21.4 Å². The lowest BCUT2D eigenvalue weighted by molar-refractivity contribution is 0.0949. The maximum Gasteiger partial charge on any atom is 0.292 e. The lowest BCUT2D eigenvalue weighted by Crippen LogP contribution is -2.29. The van der Waals surface area contributed by atoms with Gasteiger partial charge in [0.25, 0.3) is 11.5 Å². The third-order valence-electron chi connectivity index (χ3n) is 5.63. The summed E-state index contributed by atoms with van der Waals surface area (Å²) in [6.45, 7) is 2.26. The Hall–Kier alpha value is -2.50. The SMILES string of the molecule is CCn1nc(C(=O)NN=C2CCCCCCCCCCC2)c2ccccc2c1=O. The standard InChI is InChI=1S/C23H32N4O2/c1-2-27-23(29)20-17-13-12-16-19(20)21(26-27)22(28)25-24-18-14-10-8-6-4-3-5-7-9-11-15-18/h12-13,16-17H,2-11,14-15H2,1H3,(H,25,28). The molecule has 1 aromatic heterocycles. The second-order valence-electron chi connectivity index (χ2n) is 7.82. The molecule has 3 rings (SSSR count). The first-order valence-corrected chi connectivity index (χ1v) is 11.1. The molecule has 2 aromatic rings. The molecule has 0 spiro atoms. The molecule has 0 radical (unpaired) electrons. The van der Waals surface area contributed by atoms with Crippen LogP contribution in [0, 0.1) is 0 Å². The molecule has 0 atom stereocenters. The molecule has 1 N–H and O–H groups in total. The fraction of sp³-hybridized carbons (Fsp3) is 0.565. The highest BCUT2D eigenvalue weighted by molar-refractivity contribution is 6.05. The Balaban J connectivity index is 1.77. The summed E-state index contributed by atoms with van der Waals surface area (Å²) in [5, 5.41) is 9.83. The van der Waals surface area contributed by atoms with Gasteiger partial charge in [-0.25, -0.2) is 10.1 Å². The topological polar surface area (TPSA) is 76.3 Å². The summed E-state index contributed by atoms with van der Waals surface area (Å²) in [7, 11) is 0. The largest absolute Gasteiger partial charge is 0.292 e. The molecule has 0 bridgehead atoms. The van der Waals surface area contributed by atoms with Crippen molar-refractivity contribution >= 4 is 22.4 Å². The van der Waals surface area contributed by atoms with E-state index in [1.165, 1.54) is 49.6 Å². The predicted molar refractivity (Wildman–Crippen MR) is 117 cm³/mol. The minimum Gasteiger partial charge on any atom is -0.267 e. The van der Waals surface area contributed by atoms with Gasteiger partial charge in [-0.3, -0.25) is 9.59 Å². The van der Waals surface area contributed by atoms with Crippen LogP contribution in [0.4, 0.5) is 0 Å². The first kappa shape index (κ1) is 21.2. The lowest BCUT2D eigenvalue weighted by Gasteiger charge is -2.11. The van der Waals surface area contributed by atoms with Crippen LogP contribution in [0.5, 0.6) is 0 Å². The van der Waals surface area contributed by atoms with Crippen molar-refractivity contribution in [2.24, 2.45) is 5.10 Å². The summed E-state index contributed by atoms with van der Waals surface area (Å²) in [5.74, 6) is -0.359. The van der Waals surface area contributed by atoms with Crippen molar-refractivity contribution in [2.45, 2.75) is 84.1 Å². The zero-order chi connectivity index (χ0) is 20.5. The summed E-state index contributed by atoms with van der Waals surface area (Å²) in [6.07, 6.45) is 13.1. The van der Waals surface area contributed by atoms with Crippen molar-refractivity contribution in [1.29, 1.82) is 0 Å². The van der Waals surface area contributed by atoms with Crippen molar-refractivity contribution in [2.75, 3.05) is 0 Å². The number of fused-ring (bicyclic) bond motifs is 1. The number of benzene rings is 1. The van der Waals surface area contributed by atoms with Gasteiger partial charge in [-0.2, -0.15) is 10.2 Å². The molecule has 6 nitrogen and oxygen atoms in total. The molecule has 156 valence electrons. The van der Waals surface area contributed by atoms with Crippen LogP contribution in [0.15, 0.2) is 34.2 Å².